The Kier molecular flexibility index (Phi) is 4.08. The number of hydrogen-bond donors (Lipinski definition) is 0. The SMILES string of the molecule is Cn1cc(C(=O)CCl)c(C(=O)c2ccc(Cl)cc2)c1. The van der Waals surface area contributed by atoms with Crippen molar-refractivity contribution in [1.29, 1.82) is 0 Å². The molecule has 0 bridgehead atoms. The lowest BCUT2D eigenvalue weighted by atomic mass is 10.0. The molecule has 2 aromatic rings. The highest BCUT2D eigenvalue weighted by molar-refractivity contribution is 6.32. The second kappa shape index (κ2) is 5.59. The molecular weight excluding hydrogens is 285 g/mol. The van der Waals surface area contributed by atoms with Crippen LogP contribution in [0.4, 0.5) is 0 Å². The summed E-state index contributed by atoms with van der Waals surface area (Å²) in [5, 5.41) is 0.557. The van der Waals surface area contributed by atoms with E-state index >= 15 is 0 Å². The lowest BCUT2D eigenvalue weighted by Crippen LogP contribution is -2.08. The zero-order valence-corrected chi connectivity index (χ0v) is 11.7. The number of halogens is 2. The van der Waals surface area contributed by atoms with Crippen LogP contribution < -0.4 is 0 Å². The second-order valence-corrected chi connectivity index (χ2v) is 4.85. The Hall–Kier alpha value is -1.58. The molecule has 3 nitrogen and oxygen atoms in total. The van der Waals surface area contributed by atoms with Crippen molar-refractivity contribution in [2.24, 2.45) is 7.05 Å². The Balaban J connectivity index is 2.44. The fourth-order valence-corrected chi connectivity index (χ4v) is 2.09. The summed E-state index contributed by atoms with van der Waals surface area (Å²) in [6.07, 6.45) is 3.23. The molecule has 0 amide bonds. The third kappa shape index (κ3) is 2.88. The monoisotopic (exact) mass is 295 g/mol. The van der Waals surface area contributed by atoms with Crippen molar-refractivity contribution < 1.29 is 9.59 Å². The Bertz CT molecular complexity index is 629. The van der Waals surface area contributed by atoms with Crippen LogP contribution >= 0.6 is 23.2 Å². The van der Waals surface area contributed by atoms with Crippen LogP contribution in [-0.4, -0.2) is 22.0 Å². The average molecular weight is 296 g/mol. The molecule has 5 heteroatoms. The number of alkyl halides is 1. The molecule has 0 saturated carbocycles. The standard InChI is InChI=1S/C14H11Cl2NO2/c1-17-7-11(13(18)6-15)12(8-17)14(19)9-2-4-10(16)5-3-9/h2-5,7-8H,6H2,1H3. The highest BCUT2D eigenvalue weighted by atomic mass is 35.5. The van der Waals surface area contributed by atoms with Crippen molar-refractivity contribution in [2.75, 3.05) is 5.88 Å². The molecule has 0 radical (unpaired) electrons. The van der Waals surface area contributed by atoms with Crippen LogP contribution in [-0.2, 0) is 7.05 Å². The van der Waals surface area contributed by atoms with Gasteiger partial charge in [-0.25, -0.2) is 0 Å². The zero-order valence-electron chi connectivity index (χ0n) is 10.2. The minimum Gasteiger partial charge on any atom is -0.356 e. The first-order chi connectivity index (χ1) is 9.02. The Morgan fingerprint density at radius 1 is 1.11 bits per heavy atom. The summed E-state index contributed by atoms with van der Waals surface area (Å²) < 4.78 is 1.67. The van der Waals surface area contributed by atoms with Gasteiger partial charge in [-0.05, 0) is 24.3 Å². The van der Waals surface area contributed by atoms with Crippen molar-refractivity contribution in [3.8, 4) is 0 Å². The summed E-state index contributed by atoms with van der Waals surface area (Å²) >= 11 is 11.3. The van der Waals surface area contributed by atoms with Crippen LogP contribution in [0.25, 0.3) is 0 Å². The molecule has 1 aromatic carbocycles. The maximum absolute atomic E-state index is 12.4. The van der Waals surface area contributed by atoms with E-state index in [1.54, 1.807) is 48.3 Å². The van der Waals surface area contributed by atoms with Gasteiger partial charge in [0.1, 0.15) is 0 Å². The number of carbonyl (C=O) groups excluding carboxylic acids is 2. The molecule has 19 heavy (non-hydrogen) atoms. The predicted molar refractivity (Wildman–Crippen MR) is 75.3 cm³/mol. The Labute approximate surface area is 120 Å². The van der Waals surface area contributed by atoms with Crippen LogP contribution in [0.2, 0.25) is 5.02 Å². The number of rotatable bonds is 4. The molecule has 0 atom stereocenters. The zero-order chi connectivity index (χ0) is 14.0. The van der Waals surface area contributed by atoms with Crippen molar-refractivity contribution >= 4 is 34.8 Å². The molecule has 0 spiro atoms. The minimum atomic E-state index is -0.264. The van der Waals surface area contributed by atoms with Gasteiger partial charge in [-0.1, -0.05) is 11.6 Å². The topological polar surface area (TPSA) is 39.1 Å². The van der Waals surface area contributed by atoms with Gasteiger partial charge >= 0.3 is 0 Å². The van der Waals surface area contributed by atoms with E-state index < -0.39 is 0 Å². The normalized spacial score (nSPS) is 10.5. The van der Waals surface area contributed by atoms with Gasteiger partial charge in [-0.3, -0.25) is 9.59 Å². The molecule has 98 valence electrons. The maximum Gasteiger partial charge on any atom is 0.195 e. The molecule has 0 aliphatic carbocycles. The first-order valence-electron chi connectivity index (χ1n) is 5.58. The van der Waals surface area contributed by atoms with E-state index in [2.05, 4.69) is 0 Å². The minimum absolute atomic E-state index is 0.148. The molecule has 0 saturated heterocycles. The summed E-state index contributed by atoms with van der Waals surface area (Å²) in [7, 11) is 1.75. The van der Waals surface area contributed by atoms with Gasteiger partial charge in [-0.2, -0.15) is 0 Å². The quantitative estimate of drug-likeness (QED) is 0.641. The third-order valence-electron chi connectivity index (χ3n) is 2.73. The van der Waals surface area contributed by atoms with Crippen LogP contribution in [0, 0.1) is 0 Å². The smallest absolute Gasteiger partial charge is 0.195 e. The molecule has 2 rings (SSSR count). The van der Waals surface area contributed by atoms with Crippen molar-refractivity contribution in [3.05, 3.63) is 58.4 Å². The number of aryl methyl sites for hydroxylation is 1. The van der Waals surface area contributed by atoms with E-state index in [1.165, 1.54) is 0 Å². The first-order valence-corrected chi connectivity index (χ1v) is 6.49. The Morgan fingerprint density at radius 2 is 1.68 bits per heavy atom. The molecule has 0 fully saturated rings. The van der Waals surface area contributed by atoms with E-state index in [9.17, 15) is 9.59 Å². The summed E-state index contributed by atoms with van der Waals surface area (Å²) in [5.41, 5.74) is 1.19. The number of Topliss-reactive ketones (excluding diaryl/α,β-unsaturated/α-hetero) is 1. The molecule has 1 heterocycles. The highest BCUT2D eigenvalue weighted by Crippen LogP contribution is 2.18. The lowest BCUT2D eigenvalue weighted by molar-refractivity contribution is 0.0993. The second-order valence-electron chi connectivity index (χ2n) is 4.14. The van der Waals surface area contributed by atoms with Crippen LogP contribution in [0.5, 0.6) is 0 Å². The fourth-order valence-electron chi connectivity index (χ4n) is 1.82. The van der Waals surface area contributed by atoms with Gasteiger partial charge < -0.3 is 4.57 Å². The number of hydrogen-bond acceptors (Lipinski definition) is 2. The highest BCUT2D eigenvalue weighted by Gasteiger charge is 2.19. The van der Waals surface area contributed by atoms with Gasteiger partial charge in [0.25, 0.3) is 0 Å². The largest absolute Gasteiger partial charge is 0.356 e. The van der Waals surface area contributed by atoms with Gasteiger partial charge in [0.05, 0.1) is 11.4 Å². The number of ketones is 2. The summed E-state index contributed by atoms with van der Waals surface area (Å²) in [6.45, 7) is 0. The molecule has 0 aliphatic rings. The third-order valence-corrected chi connectivity index (χ3v) is 3.22. The van der Waals surface area contributed by atoms with E-state index in [1.807, 2.05) is 0 Å². The summed E-state index contributed by atoms with van der Waals surface area (Å²) in [4.78, 5) is 24.1. The summed E-state index contributed by atoms with van der Waals surface area (Å²) in [6, 6.07) is 6.54. The van der Waals surface area contributed by atoms with Crippen LogP contribution in [0.1, 0.15) is 26.3 Å². The number of carbonyl (C=O) groups is 2. The van der Waals surface area contributed by atoms with Crippen molar-refractivity contribution in [3.63, 3.8) is 0 Å². The van der Waals surface area contributed by atoms with E-state index in [-0.39, 0.29) is 17.4 Å². The molecule has 0 aliphatic heterocycles. The van der Waals surface area contributed by atoms with Crippen LogP contribution in [0.15, 0.2) is 36.7 Å². The number of aromatic nitrogens is 1. The van der Waals surface area contributed by atoms with Crippen molar-refractivity contribution in [1.82, 2.24) is 4.57 Å². The van der Waals surface area contributed by atoms with Gasteiger partial charge in [0.2, 0.25) is 0 Å². The molecule has 1 aromatic heterocycles. The first kappa shape index (κ1) is 13.8. The average Bonchev–Trinajstić information content (AvgIpc) is 2.80. The number of nitrogens with zero attached hydrogens (tertiary/aromatic N) is 1. The predicted octanol–water partition coefficient (Wildman–Crippen LogP) is 3.33. The fraction of sp³-hybridized carbons (Fsp3) is 0.143. The van der Waals surface area contributed by atoms with Gasteiger partial charge in [-0.15, -0.1) is 11.6 Å². The molecule has 0 unspecified atom stereocenters. The van der Waals surface area contributed by atoms with E-state index in [4.69, 9.17) is 23.2 Å². The Morgan fingerprint density at radius 3 is 2.26 bits per heavy atom. The van der Waals surface area contributed by atoms with Crippen molar-refractivity contribution in [2.45, 2.75) is 0 Å². The molecule has 0 N–H and O–H groups in total. The number of benzene rings is 1. The van der Waals surface area contributed by atoms with E-state index in [0.717, 1.165) is 0 Å². The van der Waals surface area contributed by atoms with Gasteiger partial charge in [0, 0.05) is 35.6 Å². The van der Waals surface area contributed by atoms with Crippen LogP contribution in [0.3, 0.4) is 0 Å². The van der Waals surface area contributed by atoms with Gasteiger partial charge in [0.15, 0.2) is 11.6 Å². The summed E-state index contributed by atoms with van der Waals surface area (Å²) in [5.74, 6) is -0.629. The van der Waals surface area contributed by atoms with E-state index in [0.29, 0.717) is 21.7 Å². The lowest BCUT2D eigenvalue weighted by Gasteiger charge is -2.01. The maximum atomic E-state index is 12.4. The molecular formula is C14H11Cl2NO2.